The Labute approximate surface area is 70.7 Å². The highest BCUT2D eigenvalue weighted by Crippen LogP contribution is 2.27. The van der Waals surface area contributed by atoms with E-state index < -0.39 is 0 Å². The van der Waals surface area contributed by atoms with Gasteiger partial charge in [0.1, 0.15) is 6.61 Å². The van der Waals surface area contributed by atoms with Crippen LogP contribution in [0.3, 0.4) is 0 Å². The van der Waals surface area contributed by atoms with E-state index >= 15 is 0 Å². The molecule has 0 radical (unpaired) electrons. The predicted molar refractivity (Wildman–Crippen MR) is 41.6 cm³/mol. The van der Waals surface area contributed by atoms with E-state index in [1.54, 1.807) is 18.3 Å². The summed E-state index contributed by atoms with van der Waals surface area (Å²) in [4.78, 5) is 12.8. The fourth-order valence-electron chi connectivity index (χ4n) is 1.69. The maximum atomic E-state index is 11.0. The Balaban J connectivity index is 2.07. The van der Waals surface area contributed by atoms with Gasteiger partial charge in [0.2, 0.25) is 0 Å². The number of carbonyl (C=O) groups excluding carboxylic acids is 1. The van der Waals surface area contributed by atoms with Gasteiger partial charge in [-0.3, -0.25) is 4.90 Å². The molecule has 1 atom stereocenters. The van der Waals surface area contributed by atoms with Crippen molar-refractivity contribution in [2.75, 3.05) is 20.3 Å². The van der Waals surface area contributed by atoms with E-state index in [4.69, 9.17) is 9.47 Å². The lowest BCUT2D eigenvalue weighted by Gasteiger charge is -2.07. The lowest BCUT2D eigenvalue weighted by molar-refractivity contribution is 0.160. The van der Waals surface area contributed by atoms with Gasteiger partial charge in [-0.05, 0) is 12.0 Å². The van der Waals surface area contributed by atoms with Gasteiger partial charge in [0.15, 0.2) is 0 Å². The second-order valence-corrected chi connectivity index (χ2v) is 3.07. The summed E-state index contributed by atoms with van der Waals surface area (Å²) in [6.07, 6.45) is 2.41. The smallest absolute Gasteiger partial charge is 0.410 e. The minimum Gasteiger partial charge on any atom is -0.504 e. The number of ether oxygens (including phenoxy) is 2. The first-order valence-corrected chi connectivity index (χ1v) is 3.95. The molecule has 4 heteroatoms. The first-order valence-electron chi connectivity index (χ1n) is 3.95. The van der Waals surface area contributed by atoms with E-state index in [2.05, 4.69) is 0 Å². The Morgan fingerprint density at radius 1 is 1.75 bits per heavy atom. The van der Waals surface area contributed by atoms with Crippen LogP contribution in [0.25, 0.3) is 0 Å². The molecular weight excluding hydrogens is 158 g/mol. The van der Waals surface area contributed by atoms with Gasteiger partial charge in [0.05, 0.1) is 19.4 Å². The molecule has 0 spiro atoms. The van der Waals surface area contributed by atoms with Crippen LogP contribution in [-0.2, 0) is 9.47 Å². The van der Waals surface area contributed by atoms with Crippen LogP contribution in [0.15, 0.2) is 11.8 Å². The Morgan fingerprint density at radius 3 is 3.25 bits per heavy atom. The molecule has 2 fully saturated rings. The van der Waals surface area contributed by atoms with Gasteiger partial charge in [-0.2, -0.15) is 0 Å². The highest BCUT2D eigenvalue weighted by atomic mass is 16.6. The highest BCUT2D eigenvalue weighted by Gasteiger charge is 2.38. The molecule has 0 aromatic carbocycles. The third-order valence-corrected chi connectivity index (χ3v) is 2.23. The van der Waals surface area contributed by atoms with Crippen molar-refractivity contribution in [2.24, 2.45) is 0 Å². The molecule has 2 saturated heterocycles. The Bertz CT molecular complexity index is 236. The summed E-state index contributed by atoms with van der Waals surface area (Å²) in [6.45, 7) is 1.19. The molecule has 0 N–H and O–H groups in total. The predicted octanol–water partition coefficient (Wildman–Crippen LogP) is 0.741. The topological polar surface area (TPSA) is 38.8 Å². The van der Waals surface area contributed by atoms with Crippen LogP contribution in [0.2, 0.25) is 0 Å². The summed E-state index contributed by atoms with van der Waals surface area (Å²) in [7, 11) is 1.62. The summed E-state index contributed by atoms with van der Waals surface area (Å²) in [5.41, 5.74) is 1.17. The van der Waals surface area contributed by atoms with E-state index in [0.717, 1.165) is 6.42 Å². The summed E-state index contributed by atoms with van der Waals surface area (Å²) in [5, 5.41) is 0. The largest absolute Gasteiger partial charge is 0.504 e. The van der Waals surface area contributed by atoms with Crippen LogP contribution in [0, 0.1) is 0 Å². The zero-order valence-electron chi connectivity index (χ0n) is 6.95. The number of hydrogen-bond acceptors (Lipinski definition) is 3. The molecule has 0 aromatic rings. The maximum Gasteiger partial charge on any atom is 0.410 e. The number of fused-ring (bicyclic) bond motifs is 1. The number of rotatable bonds is 1. The molecule has 0 bridgehead atoms. The summed E-state index contributed by atoms with van der Waals surface area (Å²) >= 11 is 0. The SMILES string of the molecule is CO/C=C1/C[C@H]2COC(=O)N2C1. The van der Waals surface area contributed by atoms with Gasteiger partial charge in [-0.1, -0.05) is 0 Å². The van der Waals surface area contributed by atoms with E-state index in [0.29, 0.717) is 13.2 Å². The van der Waals surface area contributed by atoms with E-state index in [1.807, 2.05) is 0 Å². The van der Waals surface area contributed by atoms with Gasteiger partial charge < -0.3 is 9.47 Å². The lowest BCUT2D eigenvalue weighted by atomic mass is 10.2. The standard InChI is InChI=1S/C8H11NO3/c1-11-4-6-2-7-5-12-8(10)9(7)3-6/h4,7H,2-3,5H2,1H3/b6-4-/t7-/m0/s1. The van der Waals surface area contributed by atoms with Crippen molar-refractivity contribution in [1.82, 2.24) is 4.90 Å². The van der Waals surface area contributed by atoms with Gasteiger partial charge in [0.25, 0.3) is 0 Å². The summed E-state index contributed by atoms with van der Waals surface area (Å²) in [6, 6.07) is 0.249. The van der Waals surface area contributed by atoms with Crippen molar-refractivity contribution in [3.63, 3.8) is 0 Å². The first-order chi connectivity index (χ1) is 5.81. The van der Waals surface area contributed by atoms with E-state index in [1.165, 1.54) is 5.57 Å². The molecule has 0 aliphatic carbocycles. The number of cyclic esters (lactones) is 1. The molecule has 0 aromatic heterocycles. The number of hydrogen-bond donors (Lipinski definition) is 0. The van der Waals surface area contributed by atoms with E-state index in [-0.39, 0.29) is 12.1 Å². The van der Waals surface area contributed by atoms with Crippen molar-refractivity contribution < 1.29 is 14.3 Å². The average Bonchev–Trinajstić information content (AvgIpc) is 2.55. The average molecular weight is 169 g/mol. The monoisotopic (exact) mass is 169 g/mol. The van der Waals surface area contributed by atoms with Crippen molar-refractivity contribution in [3.05, 3.63) is 11.8 Å². The molecule has 0 saturated carbocycles. The third-order valence-electron chi connectivity index (χ3n) is 2.23. The summed E-state index contributed by atoms with van der Waals surface area (Å²) < 4.78 is 9.75. The molecule has 12 heavy (non-hydrogen) atoms. The zero-order valence-corrected chi connectivity index (χ0v) is 6.95. The minimum absolute atomic E-state index is 0.195. The Morgan fingerprint density at radius 2 is 2.58 bits per heavy atom. The van der Waals surface area contributed by atoms with Gasteiger partial charge in [-0.15, -0.1) is 0 Å². The maximum absolute atomic E-state index is 11.0. The van der Waals surface area contributed by atoms with Crippen LogP contribution in [0.4, 0.5) is 4.79 Å². The van der Waals surface area contributed by atoms with Crippen molar-refractivity contribution in [3.8, 4) is 0 Å². The molecule has 2 aliphatic rings. The molecule has 1 amide bonds. The zero-order chi connectivity index (χ0) is 8.55. The normalized spacial score (nSPS) is 30.8. The lowest BCUT2D eigenvalue weighted by Crippen LogP contribution is -2.26. The van der Waals surface area contributed by atoms with Crippen LogP contribution in [0.5, 0.6) is 0 Å². The summed E-state index contributed by atoms with van der Waals surface area (Å²) in [5.74, 6) is 0. The quantitative estimate of drug-likeness (QED) is 0.543. The molecule has 2 rings (SSSR count). The first kappa shape index (κ1) is 7.46. The van der Waals surface area contributed by atoms with Gasteiger partial charge in [-0.25, -0.2) is 4.79 Å². The van der Waals surface area contributed by atoms with Crippen LogP contribution in [-0.4, -0.2) is 37.3 Å². The van der Waals surface area contributed by atoms with E-state index in [9.17, 15) is 4.79 Å². The molecule has 2 heterocycles. The number of nitrogens with zero attached hydrogens (tertiary/aromatic N) is 1. The Kier molecular flexibility index (Phi) is 1.67. The fraction of sp³-hybridized carbons (Fsp3) is 0.625. The molecule has 66 valence electrons. The second-order valence-electron chi connectivity index (χ2n) is 3.07. The third kappa shape index (κ3) is 1.03. The van der Waals surface area contributed by atoms with Crippen LogP contribution in [0.1, 0.15) is 6.42 Å². The highest BCUT2D eigenvalue weighted by molar-refractivity contribution is 5.71. The molecule has 4 nitrogen and oxygen atoms in total. The number of amides is 1. The minimum atomic E-state index is -0.195. The number of methoxy groups -OCH3 is 1. The second kappa shape index (κ2) is 2.69. The Hall–Kier alpha value is -1.19. The number of carbonyl (C=O) groups is 1. The van der Waals surface area contributed by atoms with Crippen LogP contribution < -0.4 is 0 Å². The van der Waals surface area contributed by atoms with Gasteiger partial charge >= 0.3 is 6.09 Å². The van der Waals surface area contributed by atoms with Gasteiger partial charge in [0, 0.05) is 6.54 Å². The molecular formula is C8H11NO3. The van der Waals surface area contributed by atoms with Crippen molar-refractivity contribution in [2.45, 2.75) is 12.5 Å². The fourth-order valence-corrected chi connectivity index (χ4v) is 1.69. The van der Waals surface area contributed by atoms with Crippen molar-refractivity contribution in [1.29, 1.82) is 0 Å². The van der Waals surface area contributed by atoms with Crippen LogP contribution >= 0.6 is 0 Å². The molecule has 0 unspecified atom stereocenters. The van der Waals surface area contributed by atoms with Crippen molar-refractivity contribution >= 4 is 6.09 Å². The molecule has 2 aliphatic heterocycles.